The maximum absolute atomic E-state index is 13.0. The molecule has 2 heterocycles. The highest BCUT2D eigenvalue weighted by Crippen LogP contribution is 2.40. The van der Waals surface area contributed by atoms with Gasteiger partial charge in [-0.25, -0.2) is 9.48 Å². The van der Waals surface area contributed by atoms with Crippen LogP contribution in [0.15, 0.2) is 58.9 Å². The van der Waals surface area contributed by atoms with Crippen molar-refractivity contribution in [3.63, 3.8) is 0 Å². The largest absolute Gasteiger partial charge is 0.493 e. The van der Waals surface area contributed by atoms with Crippen LogP contribution in [0.1, 0.15) is 31.0 Å². The summed E-state index contributed by atoms with van der Waals surface area (Å²) in [7, 11) is 3.15. The summed E-state index contributed by atoms with van der Waals surface area (Å²) < 4.78 is 18.0. The van der Waals surface area contributed by atoms with Crippen molar-refractivity contribution < 1.29 is 19.0 Å². The lowest BCUT2D eigenvalue weighted by Crippen LogP contribution is -2.29. The Morgan fingerprint density at radius 2 is 1.88 bits per heavy atom. The molecule has 3 aromatic rings. The van der Waals surface area contributed by atoms with E-state index in [0.29, 0.717) is 44.6 Å². The van der Waals surface area contributed by atoms with Crippen molar-refractivity contribution in [1.29, 1.82) is 0 Å². The molecule has 0 aliphatic carbocycles. The van der Waals surface area contributed by atoms with Gasteiger partial charge in [-0.1, -0.05) is 41.6 Å². The summed E-state index contributed by atoms with van der Waals surface area (Å²) in [6.45, 7) is 3.88. The topological polar surface area (TPSA) is 87.5 Å². The molecule has 8 nitrogen and oxygen atoms in total. The van der Waals surface area contributed by atoms with E-state index >= 15 is 0 Å². The van der Waals surface area contributed by atoms with E-state index in [2.05, 4.69) is 10.3 Å². The van der Waals surface area contributed by atoms with Gasteiger partial charge in [0.2, 0.25) is 11.1 Å². The smallest absolute Gasteiger partial charge is 0.338 e. The average molecular weight is 501 g/mol. The molecule has 1 N–H and O–H groups in total. The zero-order valence-corrected chi connectivity index (χ0v) is 20.9. The predicted molar refractivity (Wildman–Crippen MR) is 132 cm³/mol. The second-order valence-corrected chi connectivity index (χ2v) is 8.86. The van der Waals surface area contributed by atoms with Gasteiger partial charge in [-0.2, -0.15) is 4.98 Å². The highest BCUT2D eigenvalue weighted by atomic mass is 35.5. The predicted octanol–water partition coefficient (Wildman–Crippen LogP) is 5.09. The summed E-state index contributed by atoms with van der Waals surface area (Å²) in [6, 6.07) is 12.6. The van der Waals surface area contributed by atoms with Gasteiger partial charge >= 0.3 is 5.97 Å². The Labute approximate surface area is 207 Å². The summed E-state index contributed by atoms with van der Waals surface area (Å²) in [5.74, 6) is 1.96. The summed E-state index contributed by atoms with van der Waals surface area (Å²) >= 11 is 7.48. The standard InChI is InChI=1S/C24H25ClN4O4S/c1-5-33-22(30)20-14(2)26-23-27-24(34-13-15-6-9-17(25)10-7-15)28-29(23)21(20)16-8-11-18(31-3)19(12-16)32-4/h6-12,21H,5,13H2,1-4H3,(H,26,27,28)/t21-/m1/s1. The number of halogens is 1. The molecule has 0 spiro atoms. The molecule has 0 bridgehead atoms. The van der Waals surface area contributed by atoms with Crippen LogP contribution in [0.4, 0.5) is 5.95 Å². The van der Waals surface area contributed by atoms with Gasteiger partial charge in [0.1, 0.15) is 6.04 Å². The number of carbonyl (C=O) groups excluding carboxylic acids is 1. The fourth-order valence-corrected chi connectivity index (χ4v) is 4.64. The van der Waals surface area contributed by atoms with Crippen molar-refractivity contribution in [3.05, 3.63) is 69.9 Å². The van der Waals surface area contributed by atoms with Crippen LogP contribution in [-0.2, 0) is 15.3 Å². The Morgan fingerprint density at radius 1 is 1.15 bits per heavy atom. The maximum atomic E-state index is 13.0. The molecule has 0 fully saturated rings. The monoisotopic (exact) mass is 500 g/mol. The lowest BCUT2D eigenvalue weighted by atomic mass is 9.95. The van der Waals surface area contributed by atoms with Gasteiger partial charge in [0.15, 0.2) is 11.5 Å². The first-order chi connectivity index (χ1) is 16.4. The molecule has 178 valence electrons. The number of hydrogen-bond acceptors (Lipinski definition) is 8. The number of fused-ring (bicyclic) bond motifs is 1. The average Bonchev–Trinajstić information content (AvgIpc) is 3.24. The second kappa shape index (κ2) is 10.4. The molecule has 0 unspecified atom stereocenters. The summed E-state index contributed by atoms with van der Waals surface area (Å²) in [5.41, 5.74) is 3.02. The van der Waals surface area contributed by atoms with E-state index in [1.807, 2.05) is 43.3 Å². The highest BCUT2D eigenvalue weighted by molar-refractivity contribution is 7.98. The number of hydrogen-bond donors (Lipinski definition) is 1. The molecule has 2 aromatic carbocycles. The molecule has 1 aromatic heterocycles. The lowest BCUT2D eigenvalue weighted by Gasteiger charge is -2.28. The minimum Gasteiger partial charge on any atom is -0.493 e. The number of thioether (sulfide) groups is 1. The van der Waals surface area contributed by atoms with E-state index in [9.17, 15) is 4.79 Å². The van der Waals surface area contributed by atoms with Crippen molar-refractivity contribution in [2.45, 2.75) is 30.8 Å². The first-order valence-corrected chi connectivity index (χ1v) is 12.0. The van der Waals surface area contributed by atoms with Gasteiger partial charge < -0.3 is 19.5 Å². The Balaban J connectivity index is 1.72. The van der Waals surface area contributed by atoms with Gasteiger partial charge in [0.05, 0.1) is 26.4 Å². The third-order valence-corrected chi connectivity index (χ3v) is 6.49. The van der Waals surface area contributed by atoms with Crippen LogP contribution in [0.25, 0.3) is 0 Å². The van der Waals surface area contributed by atoms with E-state index in [4.69, 9.17) is 30.9 Å². The Kier molecular flexibility index (Phi) is 7.33. The number of nitrogens with zero attached hydrogens (tertiary/aromatic N) is 3. The van der Waals surface area contributed by atoms with Gasteiger partial charge in [-0.15, -0.1) is 5.10 Å². The fourth-order valence-electron chi connectivity index (χ4n) is 3.73. The normalized spacial score (nSPS) is 14.9. The van der Waals surface area contributed by atoms with E-state index in [1.165, 1.54) is 11.8 Å². The first-order valence-electron chi connectivity index (χ1n) is 10.7. The van der Waals surface area contributed by atoms with E-state index in [-0.39, 0.29) is 6.61 Å². The van der Waals surface area contributed by atoms with Gasteiger partial charge in [-0.05, 0) is 49.2 Å². The van der Waals surface area contributed by atoms with E-state index in [1.54, 1.807) is 31.9 Å². The highest BCUT2D eigenvalue weighted by Gasteiger charge is 2.35. The minimum atomic E-state index is -0.549. The van der Waals surface area contributed by atoms with E-state index in [0.717, 1.165) is 11.1 Å². The quantitative estimate of drug-likeness (QED) is 0.338. The van der Waals surface area contributed by atoms with Crippen molar-refractivity contribution in [3.8, 4) is 11.5 Å². The number of ether oxygens (including phenoxy) is 3. The molecular weight excluding hydrogens is 476 g/mol. The zero-order chi connectivity index (χ0) is 24.2. The third-order valence-electron chi connectivity index (χ3n) is 5.33. The number of rotatable bonds is 8. The zero-order valence-electron chi connectivity index (χ0n) is 19.3. The number of anilines is 1. The number of methoxy groups -OCH3 is 2. The first kappa shape index (κ1) is 24.0. The summed E-state index contributed by atoms with van der Waals surface area (Å²) in [5, 5.41) is 9.22. The number of esters is 1. The van der Waals surface area contributed by atoms with Gasteiger partial charge in [0.25, 0.3) is 0 Å². The van der Waals surface area contributed by atoms with Crippen LogP contribution in [-0.4, -0.2) is 41.6 Å². The molecule has 0 radical (unpaired) electrons. The molecule has 10 heteroatoms. The summed E-state index contributed by atoms with van der Waals surface area (Å²) in [6.07, 6.45) is 0. The lowest BCUT2D eigenvalue weighted by molar-refractivity contribution is -0.139. The molecule has 0 amide bonds. The molecule has 1 aliphatic heterocycles. The molecule has 1 atom stereocenters. The van der Waals surface area contributed by atoms with Crippen LogP contribution < -0.4 is 14.8 Å². The van der Waals surface area contributed by atoms with Crippen LogP contribution in [0.2, 0.25) is 5.02 Å². The van der Waals surface area contributed by atoms with Crippen molar-refractivity contribution in [1.82, 2.24) is 14.8 Å². The van der Waals surface area contributed by atoms with Gasteiger partial charge in [0, 0.05) is 16.5 Å². The Hall–Kier alpha value is -3.17. The van der Waals surface area contributed by atoms with Gasteiger partial charge in [-0.3, -0.25) is 0 Å². The molecular formula is C24H25ClN4O4S. The van der Waals surface area contributed by atoms with Crippen molar-refractivity contribution in [2.24, 2.45) is 0 Å². The molecule has 0 saturated heterocycles. The van der Waals surface area contributed by atoms with E-state index < -0.39 is 12.0 Å². The van der Waals surface area contributed by atoms with Crippen LogP contribution in [0.3, 0.4) is 0 Å². The van der Waals surface area contributed by atoms with Crippen LogP contribution in [0, 0.1) is 0 Å². The Bertz CT molecular complexity index is 1230. The van der Waals surface area contributed by atoms with Crippen molar-refractivity contribution in [2.75, 3.05) is 26.1 Å². The molecule has 4 rings (SSSR count). The van der Waals surface area contributed by atoms with Crippen LogP contribution in [0.5, 0.6) is 11.5 Å². The second-order valence-electron chi connectivity index (χ2n) is 7.48. The summed E-state index contributed by atoms with van der Waals surface area (Å²) in [4.78, 5) is 17.6. The third kappa shape index (κ3) is 4.85. The molecule has 1 aliphatic rings. The number of benzene rings is 2. The Morgan fingerprint density at radius 3 is 2.56 bits per heavy atom. The number of aromatic nitrogens is 3. The number of carbonyl (C=O) groups is 1. The number of allylic oxidation sites excluding steroid dienone is 1. The van der Waals surface area contributed by atoms with Crippen molar-refractivity contribution >= 4 is 35.3 Å². The SMILES string of the molecule is CCOC(=O)C1=C(C)Nc2nc(SCc3ccc(Cl)cc3)nn2[C@@H]1c1ccc(OC)c(OC)c1. The fraction of sp³-hybridized carbons (Fsp3) is 0.292. The maximum Gasteiger partial charge on any atom is 0.338 e. The van der Waals surface area contributed by atoms with Crippen LogP contribution >= 0.6 is 23.4 Å². The molecule has 34 heavy (non-hydrogen) atoms. The molecule has 0 saturated carbocycles. The minimum absolute atomic E-state index is 0.265. The number of nitrogens with one attached hydrogen (secondary N) is 1.